The molecule has 0 radical (unpaired) electrons. The molecule has 7 heteroatoms. The largest absolute Gasteiger partial charge is 0.495 e. The topological polar surface area (TPSA) is 48.9 Å². The first-order chi connectivity index (χ1) is 14.2. The molecule has 2 unspecified atom stereocenters. The van der Waals surface area contributed by atoms with Gasteiger partial charge in [-0.1, -0.05) is 37.3 Å². The van der Waals surface area contributed by atoms with E-state index in [9.17, 15) is 0 Å². The van der Waals surface area contributed by atoms with Crippen LogP contribution in [-0.2, 0) is 0 Å². The summed E-state index contributed by atoms with van der Waals surface area (Å²) in [5, 5.41) is 7.42. The molecule has 30 heavy (non-hydrogen) atoms. The van der Waals surface area contributed by atoms with Gasteiger partial charge >= 0.3 is 0 Å². The van der Waals surface area contributed by atoms with Crippen LogP contribution in [0.1, 0.15) is 13.3 Å². The van der Waals surface area contributed by atoms with Gasteiger partial charge in [0, 0.05) is 43.4 Å². The maximum Gasteiger partial charge on any atom is 0.191 e. The SMILES string of the molecule is CN=C(NCC1CCN(c2ccccc2OC)C1)NCC(C)Sc1ccccc1.I. The molecule has 5 nitrogen and oxygen atoms in total. The lowest BCUT2D eigenvalue weighted by Gasteiger charge is -2.22. The van der Waals surface area contributed by atoms with Gasteiger partial charge in [-0.3, -0.25) is 4.99 Å². The Kier molecular flexibility index (Phi) is 10.6. The Bertz CT molecular complexity index is 790. The number of halogens is 1. The van der Waals surface area contributed by atoms with Crippen LogP contribution in [0, 0.1) is 5.92 Å². The number of para-hydroxylation sites is 2. The van der Waals surface area contributed by atoms with Gasteiger partial charge in [0.15, 0.2) is 5.96 Å². The average molecular weight is 541 g/mol. The molecule has 1 heterocycles. The number of benzene rings is 2. The summed E-state index contributed by atoms with van der Waals surface area (Å²) in [5.41, 5.74) is 1.19. The molecule has 164 valence electrons. The number of nitrogens with zero attached hydrogens (tertiary/aromatic N) is 2. The Balaban J connectivity index is 0.00000320. The van der Waals surface area contributed by atoms with E-state index in [2.05, 4.69) is 69.9 Å². The number of anilines is 1. The van der Waals surface area contributed by atoms with Gasteiger partial charge in [-0.25, -0.2) is 0 Å². The second-order valence-corrected chi connectivity index (χ2v) is 8.86. The van der Waals surface area contributed by atoms with Crippen molar-refractivity contribution < 1.29 is 4.74 Å². The van der Waals surface area contributed by atoms with Gasteiger partial charge in [0.05, 0.1) is 12.8 Å². The van der Waals surface area contributed by atoms with Gasteiger partial charge in [-0.2, -0.15) is 0 Å². The van der Waals surface area contributed by atoms with Crippen LogP contribution in [0.3, 0.4) is 0 Å². The van der Waals surface area contributed by atoms with E-state index in [1.165, 1.54) is 17.0 Å². The molecule has 0 aliphatic carbocycles. The second-order valence-electron chi connectivity index (χ2n) is 7.35. The Labute approximate surface area is 202 Å². The molecule has 1 fully saturated rings. The molecular weight excluding hydrogens is 507 g/mol. The first-order valence-electron chi connectivity index (χ1n) is 10.2. The minimum absolute atomic E-state index is 0. The third-order valence-corrected chi connectivity index (χ3v) is 6.24. The maximum atomic E-state index is 5.52. The van der Waals surface area contributed by atoms with Gasteiger partial charge < -0.3 is 20.3 Å². The van der Waals surface area contributed by atoms with Crippen molar-refractivity contribution >= 4 is 47.4 Å². The normalized spacial score (nSPS) is 17.2. The van der Waals surface area contributed by atoms with E-state index in [4.69, 9.17) is 4.74 Å². The Morgan fingerprint density at radius 3 is 2.63 bits per heavy atom. The van der Waals surface area contributed by atoms with Crippen molar-refractivity contribution in [1.29, 1.82) is 0 Å². The van der Waals surface area contributed by atoms with Gasteiger partial charge in [0.1, 0.15) is 5.75 Å². The lowest BCUT2D eigenvalue weighted by atomic mass is 10.1. The number of rotatable bonds is 8. The molecule has 2 aromatic rings. The van der Waals surface area contributed by atoms with Crippen molar-refractivity contribution in [1.82, 2.24) is 10.6 Å². The highest BCUT2D eigenvalue weighted by Crippen LogP contribution is 2.31. The monoisotopic (exact) mass is 540 g/mol. The van der Waals surface area contributed by atoms with Gasteiger partial charge in [-0.15, -0.1) is 35.7 Å². The number of hydrogen-bond donors (Lipinski definition) is 2. The number of hydrogen-bond acceptors (Lipinski definition) is 4. The zero-order valence-electron chi connectivity index (χ0n) is 18.0. The molecule has 0 bridgehead atoms. The minimum Gasteiger partial charge on any atom is -0.495 e. The lowest BCUT2D eigenvalue weighted by molar-refractivity contribution is 0.414. The number of nitrogens with one attached hydrogen (secondary N) is 2. The second kappa shape index (κ2) is 12.9. The molecular formula is C23H33IN4OS. The van der Waals surface area contributed by atoms with Crippen LogP contribution < -0.4 is 20.3 Å². The smallest absolute Gasteiger partial charge is 0.191 e. The van der Waals surface area contributed by atoms with Gasteiger partial charge in [0.25, 0.3) is 0 Å². The van der Waals surface area contributed by atoms with E-state index in [-0.39, 0.29) is 24.0 Å². The third kappa shape index (κ3) is 7.27. The summed E-state index contributed by atoms with van der Waals surface area (Å²) >= 11 is 1.88. The van der Waals surface area contributed by atoms with Crippen molar-refractivity contribution in [3.05, 3.63) is 54.6 Å². The molecule has 1 aliphatic heterocycles. The van der Waals surface area contributed by atoms with Crippen LogP contribution in [0.5, 0.6) is 5.75 Å². The fraction of sp³-hybridized carbons (Fsp3) is 0.435. The molecule has 0 aromatic heterocycles. The Morgan fingerprint density at radius 1 is 1.17 bits per heavy atom. The molecule has 2 aromatic carbocycles. The van der Waals surface area contributed by atoms with E-state index in [1.807, 2.05) is 30.9 Å². The molecule has 2 N–H and O–H groups in total. The van der Waals surface area contributed by atoms with Crippen LogP contribution in [0.15, 0.2) is 64.5 Å². The summed E-state index contributed by atoms with van der Waals surface area (Å²) < 4.78 is 5.52. The van der Waals surface area contributed by atoms with E-state index in [1.54, 1.807) is 7.11 Å². The summed E-state index contributed by atoms with van der Waals surface area (Å²) in [5.74, 6) is 2.42. The van der Waals surface area contributed by atoms with Crippen LogP contribution >= 0.6 is 35.7 Å². The number of methoxy groups -OCH3 is 1. The summed E-state index contributed by atoms with van der Waals surface area (Å²) in [6.45, 7) is 6.12. The summed E-state index contributed by atoms with van der Waals surface area (Å²) in [6.07, 6.45) is 1.17. The van der Waals surface area contributed by atoms with Crippen molar-refractivity contribution in [2.24, 2.45) is 10.9 Å². The van der Waals surface area contributed by atoms with Crippen molar-refractivity contribution in [3.63, 3.8) is 0 Å². The number of ether oxygens (including phenoxy) is 1. The highest BCUT2D eigenvalue weighted by atomic mass is 127. The molecule has 0 spiro atoms. The summed E-state index contributed by atoms with van der Waals surface area (Å²) in [6, 6.07) is 18.8. The van der Waals surface area contributed by atoms with Gasteiger partial charge in [-0.05, 0) is 36.6 Å². The number of thioether (sulfide) groups is 1. The summed E-state index contributed by atoms with van der Waals surface area (Å²) in [7, 11) is 3.57. The molecule has 3 rings (SSSR count). The molecule has 0 amide bonds. The van der Waals surface area contributed by atoms with Crippen molar-refractivity contribution in [3.8, 4) is 5.75 Å². The molecule has 1 saturated heterocycles. The first-order valence-corrected chi connectivity index (χ1v) is 11.1. The molecule has 2 atom stereocenters. The van der Waals surface area contributed by atoms with Crippen molar-refractivity contribution in [2.45, 2.75) is 23.5 Å². The number of aliphatic imine (C=N–C) groups is 1. The Hall–Kier alpha value is -1.61. The standard InChI is InChI=1S/C23H32N4OS.HI/c1-18(29-20-9-5-4-6-10-20)15-25-23(24-2)26-16-19-13-14-27(17-19)21-11-7-8-12-22(21)28-3;/h4-12,18-19H,13-17H2,1-3H3,(H2,24,25,26);1H. The van der Waals surface area contributed by atoms with Crippen LogP contribution in [0.25, 0.3) is 0 Å². The maximum absolute atomic E-state index is 5.52. The van der Waals surface area contributed by atoms with Crippen LogP contribution in [0.4, 0.5) is 5.69 Å². The third-order valence-electron chi connectivity index (χ3n) is 5.13. The van der Waals surface area contributed by atoms with E-state index < -0.39 is 0 Å². The Morgan fingerprint density at radius 2 is 1.90 bits per heavy atom. The molecule has 0 saturated carbocycles. The summed E-state index contributed by atoms with van der Waals surface area (Å²) in [4.78, 5) is 8.10. The van der Waals surface area contributed by atoms with Crippen molar-refractivity contribution in [2.75, 3.05) is 45.2 Å². The minimum atomic E-state index is 0. The van der Waals surface area contributed by atoms with E-state index in [0.717, 1.165) is 37.9 Å². The highest BCUT2D eigenvalue weighted by molar-refractivity contribution is 14.0. The van der Waals surface area contributed by atoms with Crippen LogP contribution in [0.2, 0.25) is 0 Å². The predicted octanol–water partition coefficient (Wildman–Crippen LogP) is 4.49. The van der Waals surface area contributed by atoms with E-state index in [0.29, 0.717) is 11.2 Å². The highest BCUT2D eigenvalue weighted by Gasteiger charge is 2.24. The number of guanidine groups is 1. The molecule has 1 aliphatic rings. The zero-order chi connectivity index (χ0) is 20.5. The fourth-order valence-corrected chi connectivity index (χ4v) is 4.53. The average Bonchev–Trinajstić information content (AvgIpc) is 3.23. The zero-order valence-corrected chi connectivity index (χ0v) is 21.2. The van der Waals surface area contributed by atoms with Crippen LogP contribution in [-0.4, -0.2) is 51.5 Å². The lowest BCUT2D eigenvalue weighted by Crippen LogP contribution is -2.42. The fourth-order valence-electron chi connectivity index (χ4n) is 3.58. The first kappa shape index (κ1) is 24.7. The van der Waals surface area contributed by atoms with Gasteiger partial charge in [0.2, 0.25) is 0 Å². The quantitative estimate of drug-likeness (QED) is 0.224. The van der Waals surface area contributed by atoms with E-state index >= 15 is 0 Å². The predicted molar refractivity (Wildman–Crippen MR) is 140 cm³/mol.